The third kappa shape index (κ3) is 8.63. The van der Waals surface area contributed by atoms with Crippen LogP contribution < -0.4 is 5.48 Å². The van der Waals surface area contributed by atoms with Crippen molar-refractivity contribution in [1.82, 2.24) is 5.48 Å². The standard InChI is InChI=1S/C13H16F3NO4S/c14-13(15,16)10-21-17-12(18)9-22(19,20)8-4-7-11-5-2-1-3-6-11/h1-3,5-6H,4,7-10H2,(H,17,18). The van der Waals surface area contributed by atoms with Crippen LogP contribution in [0.25, 0.3) is 0 Å². The summed E-state index contributed by atoms with van der Waals surface area (Å²) in [5.41, 5.74) is 2.43. The van der Waals surface area contributed by atoms with Gasteiger partial charge in [-0.2, -0.15) is 13.2 Å². The molecule has 9 heteroatoms. The number of hydrogen-bond donors (Lipinski definition) is 1. The summed E-state index contributed by atoms with van der Waals surface area (Å²) in [6.07, 6.45) is -3.74. The Balaban J connectivity index is 2.29. The second-order valence-electron chi connectivity index (χ2n) is 4.61. The Labute approximate surface area is 126 Å². The zero-order chi connectivity index (χ0) is 16.6. The smallest absolute Gasteiger partial charge is 0.272 e. The number of amides is 1. The van der Waals surface area contributed by atoms with Gasteiger partial charge in [0.1, 0.15) is 5.75 Å². The van der Waals surface area contributed by atoms with Gasteiger partial charge in [0.05, 0.1) is 5.75 Å². The molecule has 0 aliphatic rings. The van der Waals surface area contributed by atoms with E-state index in [0.29, 0.717) is 12.8 Å². The molecule has 124 valence electrons. The van der Waals surface area contributed by atoms with E-state index in [4.69, 9.17) is 0 Å². The second-order valence-corrected chi connectivity index (χ2v) is 6.79. The fourth-order valence-electron chi connectivity index (χ4n) is 1.64. The van der Waals surface area contributed by atoms with Crippen LogP contribution in [0.4, 0.5) is 13.2 Å². The number of carbonyl (C=O) groups excluding carboxylic acids is 1. The number of rotatable bonds is 8. The van der Waals surface area contributed by atoms with E-state index in [0.717, 1.165) is 5.56 Å². The molecular weight excluding hydrogens is 323 g/mol. The third-order valence-electron chi connectivity index (χ3n) is 2.54. The fraction of sp³-hybridized carbons (Fsp3) is 0.462. The maximum atomic E-state index is 11.8. The Hall–Kier alpha value is -1.61. The monoisotopic (exact) mass is 339 g/mol. The summed E-state index contributed by atoms with van der Waals surface area (Å²) in [4.78, 5) is 15.1. The van der Waals surface area contributed by atoms with Gasteiger partial charge in [0.2, 0.25) is 0 Å². The highest BCUT2D eigenvalue weighted by molar-refractivity contribution is 7.92. The quantitative estimate of drug-likeness (QED) is 0.731. The van der Waals surface area contributed by atoms with Crippen LogP contribution in [0.15, 0.2) is 30.3 Å². The lowest BCUT2D eigenvalue weighted by atomic mass is 10.1. The molecule has 1 aromatic carbocycles. The van der Waals surface area contributed by atoms with Crippen molar-refractivity contribution < 1.29 is 31.2 Å². The molecular formula is C13H16F3NO4S. The van der Waals surface area contributed by atoms with Crippen molar-refractivity contribution in [2.45, 2.75) is 19.0 Å². The van der Waals surface area contributed by atoms with E-state index >= 15 is 0 Å². The average molecular weight is 339 g/mol. The molecule has 1 rings (SSSR count). The third-order valence-corrected chi connectivity index (χ3v) is 4.15. The summed E-state index contributed by atoms with van der Waals surface area (Å²) in [6.45, 7) is -1.67. The van der Waals surface area contributed by atoms with Crippen molar-refractivity contribution in [3.63, 3.8) is 0 Å². The van der Waals surface area contributed by atoms with E-state index in [2.05, 4.69) is 4.84 Å². The molecule has 0 spiro atoms. The van der Waals surface area contributed by atoms with Gasteiger partial charge in [0.15, 0.2) is 16.4 Å². The van der Waals surface area contributed by atoms with Crippen LogP contribution in [-0.4, -0.2) is 38.6 Å². The highest BCUT2D eigenvalue weighted by Gasteiger charge is 2.28. The predicted octanol–water partition coefficient (Wildman–Crippen LogP) is 1.64. The first-order valence-electron chi connectivity index (χ1n) is 6.40. The van der Waals surface area contributed by atoms with E-state index in [-0.39, 0.29) is 5.75 Å². The Morgan fingerprint density at radius 1 is 1.18 bits per heavy atom. The van der Waals surface area contributed by atoms with Crippen LogP contribution in [0.3, 0.4) is 0 Å². The van der Waals surface area contributed by atoms with Gasteiger partial charge >= 0.3 is 6.18 Å². The first-order chi connectivity index (χ1) is 10.2. The lowest BCUT2D eigenvalue weighted by Gasteiger charge is -2.08. The Bertz CT molecular complexity index is 573. The molecule has 0 aliphatic heterocycles. The van der Waals surface area contributed by atoms with Gasteiger partial charge in [0, 0.05) is 0 Å². The van der Waals surface area contributed by atoms with Gasteiger partial charge in [-0.15, -0.1) is 0 Å². The Kier molecular flexibility index (Phi) is 6.82. The largest absolute Gasteiger partial charge is 0.414 e. The number of nitrogens with one attached hydrogen (secondary N) is 1. The number of sulfone groups is 1. The molecule has 0 bridgehead atoms. The minimum atomic E-state index is -4.60. The topological polar surface area (TPSA) is 72.5 Å². The molecule has 0 saturated heterocycles. The van der Waals surface area contributed by atoms with Gasteiger partial charge in [-0.3, -0.25) is 9.63 Å². The van der Waals surface area contributed by atoms with E-state index < -0.39 is 34.3 Å². The zero-order valence-corrected chi connectivity index (χ0v) is 12.4. The number of aryl methyl sites for hydroxylation is 1. The fourth-order valence-corrected chi connectivity index (χ4v) is 2.83. The van der Waals surface area contributed by atoms with Gasteiger partial charge in [0.25, 0.3) is 5.91 Å². The Morgan fingerprint density at radius 3 is 2.41 bits per heavy atom. The highest BCUT2D eigenvalue weighted by atomic mass is 32.2. The van der Waals surface area contributed by atoms with Crippen LogP contribution in [0.5, 0.6) is 0 Å². The summed E-state index contributed by atoms with van der Waals surface area (Å²) in [7, 11) is -3.69. The van der Waals surface area contributed by atoms with E-state index in [1.807, 2.05) is 30.3 Å². The summed E-state index contributed by atoms with van der Waals surface area (Å²) in [6, 6.07) is 9.20. The number of carbonyl (C=O) groups is 1. The second kappa shape index (κ2) is 8.14. The first kappa shape index (κ1) is 18.4. The van der Waals surface area contributed by atoms with Crippen molar-refractivity contribution in [2.24, 2.45) is 0 Å². The van der Waals surface area contributed by atoms with Gasteiger partial charge < -0.3 is 0 Å². The maximum Gasteiger partial charge on any atom is 0.414 e. The molecule has 22 heavy (non-hydrogen) atoms. The number of alkyl halides is 3. The summed E-state index contributed by atoms with van der Waals surface area (Å²) in [5, 5.41) is 0. The molecule has 0 radical (unpaired) electrons. The first-order valence-corrected chi connectivity index (χ1v) is 8.22. The van der Waals surface area contributed by atoms with Gasteiger partial charge in [-0.25, -0.2) is 13.9 Å². The summed E-state index contributed by atoms with van der Waals surface area (Å²) in [5.74, 6) is -2.25. The zero-order valence-electron chi connectivity index (χ0n) is 11.6. The lowest BCUT2D eigenvalue weighted by Crippen LogP contribution is -2.34. The predicted molar refractivity (Wildman–Crippen MR) is 73.6 cm³/mol. The van der Waals surface area contributed by atoms with Crippen molar-refractivity contribution in [3.8, 4) is 0 Å². The molecule has 0 atom stereocenters. The average Bonchev–Trinajstić information content (AvgIpc) is 2.37. The van der Waals surface area contributed by atoms with Crippen molar-refractivity contribution >= 4 is 15.7 Å². The van der Waals surface area contributed by atoms with Crippen LogP contribution in [0, 0.1) is 0 Å². The van der Waals surface area contributed by atoms with E-state index in [9.17, 15) is 26.4 Å². The molecule has 0 fully saturated rings. The molecule has 5 nitrogen and oxygen atoms in total. The van der Waals surface area contributed by atoms with Crippen molar-refractivity contribution in [1.29, 1.82) is 0 Å². The number of hydroxylamine groups is 1. The van der Waals surface area contributed by atoms with Crippen LogP contribution in [0.2, 0.25) is 0 Å². The van der Waals surface area contributed by atoms with E-state index in [1.54, 1.807) is 0 Å². The molecule has 0 saturated carbocycles. The number of halogens is 3. The van der Waals surface area contributed by atoms with Gasteiger partial charge in [-0.05, 0) is 18.4 Å². The summed E-state index contributed by atoms with van der Waals surface area (Å²) < 4.78 is 58.6. The van der Waals surface area contributed by atoms with Gasteiger partial charge in [-0.1, -0.05) is 30.3 Å². The van der Waals surface area contributed by atoms with Crippen molar-refractivity contribution in [3.05, 3.63) is 35.9 Å². The van der Waals surface area contributed by atoms with Crippen LogP contribution >= 0.6 is 0 Å². The molecule has 1 amide bonds. The maximum absolute atomic E-state index is 11.8. The molecule has 0 heterocycles. The van der Waals surface area contributed by atoms with Crippen molar-refractivity contribution in [2.75, 3.05) is 18.1 Å². The minimum absolute atomic E-state index is 0.228. The highest BCUT2D eigenvalue weighted by Crippen LogP contribution is 2.13. The Morgan fingerprint density at radius 2 is 1.82 bits per heavy atom. The summed E-state index contributed by atoms with van der Waals surface area (Å²) >= 11 is 0. The molecule has 1 N–H and O–H groups in total. The minimum Gasteiger partial charge on any atom is -0.272 e. The lowest BCUT2D eigenvalue weighted by molar-refractivity contribution is -0.191. The molecule has 1 aromatic rings. The van der Waals surface area contributed by atoms with E-state index in [1.165, 1.54) is 5.48 Å². The number of benzene rings is 1. The van der Waals surface area contributed by atoms with Crippen LogP contribution in [0.1, 0.15) is 12.0 Å². The molecule has 0 aliphatic carbocycles. The molecule has 0 unspecified atom stereocenters. The molecule has 0 aromatic heterocycles. The normalized spacial score (nSPS) is 12.1. The SMILES string of the molecule is O=C(CS(=O)(=O)CCCc1ccccc1)NOCC(F)(F)F. The van der Waals surface area contributed by atoms with Crippen LogP contribution in [-0.2, 0) is 25.9 Å². The number of hydrogen-bond acceptors (Lipinski definition) is 4.